The molecule has 88 valence electrons. The quantitative estimate of drug-likeness (QED) is 0.926. The molecule has 5 heteroatoms. The van der Waals surface area contributed by atoms with Crippen molar-refractivity contribution in [1.29, 1.82) is 0 Å². The van der Waals surface area contributed by atoms with Crippen molar-refractivity contribution in [3.05, 3.63) is 45.7 Å². The fourth-order valence-corrected chi connectivity index (χ4v) is 2.27. The standard InChI is InChI=1S/C12H11BrN2O2/c1-7-3-4-11(9(13)5-7)15-8(2)6-10(14-15)12(16)17/h3-6H,1-2H3,(H,16,17). The van der Waals surface area contributed by atoms with Gasteiger partial charge in [-0.15, -0.1) is 0 Å². The number of aromatic nitrogens is 2. The van der Waals surface area contributed by atoms with Crippen molar-refractivity contribution in [1.82, 2.24) is 9.78 Å². The molecule has 0 aliphatic carbocycles. The highest BCUT2D eigenvalue weighted by molar-refractivity contribution is 9.10. The molecule has 0 bridgehead atoms. The molecule has 0 aliphatic rings. The molecule has 1 aromatic carbocycles. The van der Waals surface area contributed by atoms with Crippen molar-refractivity contribution < 1.29 is 9.90 Å². The Hall–Kier alpha value is -1.62. The zero-order valence-electron chi connectivity index (χ0n) is 9.44. The van der Waals surface area contributed by atoms with E-state index in [1.54, 1.807) is 10.7 Å². The molecule has 0 saturated carbocycles. The van der Waals surface area contributed by atoms with Crippen LogP contribution in [0, 0.1) is 13.8 Å². The minimum atomic E-state index is -1.02. The number of rotatable bonds is 2. The van der Waals surface area contributed by atoms with Crippen molar-refractivity contribution >= 4 is 21.9 Å². The molecule has 0 saturated heterocycles. The molecule has 0 spiro atoms. The highest BCUT2D eigenvalue weighted by Crippen LogP contribution is 2.23. The molecule has 1 heterocycles. The van der Waals surface area contributed by atoms with Crippen LogP contribution in [0.1, 0.15) is 21.7 Å². The number of carboxylic acid groups (broad SMARTS) is 1. The van der Waals surface area contributed by atoms with Gasteiger partial charge in [-0.3, -0.25) is 0 Å². The zero-order chi connectivity index (χ0) is 12.6. The van der Waals surface area contributed by atoms with Gasteiger partial charge < -0.3 is 5.11 Å². The molecule has 1 aromatic heterocycles. The van der Waals surface area contributed by atoms with E-state index in [0.29, 0.717) is 0 Å². The number of aromatic carboxylic acids is 1. The van der Waals surface area contributed by atoms with E-state index in [1.165, 1.54) is 0 Å². The van der Waals surface area contributed by atoms with Gasteiger partial charge in [0.25, 0.3) is 0 Å². The first-order valence-electron chi connectivity index (χ1n) is 5.05. The lowest BCUT2D eigenvalue weighted by atomic mass is 10.2. The number of carbonyl (C=O) groups is 1. The van der Waals surface area contributed by atoms with E-state index in [4.69, 9.17) is 5.11 Å². The maximum atomic E-state index is 10.8. The van der Waals surface area contributed by atoms with Gasteiger partial charge in [0.15, 0.2) is 5.69 Å². The molecule has 0 amide bonds. The Kier molecular flexibility index (Phi) is 3.02. The normalized spacial score (nSPS) is 10.5. The van der Waals surface area contributed by atoms with Crippen molar-refractivity contribution in [2.75, 3.05) is 0 Å². The molecule has 1 N–H and O–H groups in total. The summed E-state index contributed by atoms with van der Waals surface area (Å²) in [5, 5.41) is 13.0. The smallest absolute Gasteiger partial charge is 0.356 e. The van der Waals surface area contributed by atoms with Crippen LogP contribution >= 0.6 is 15.9 Å². The van der Waals surface area contributed by atoms with Gasteiger partial charge in [0.2, 0.25) is 0 Å². The second-order valence-electron chi connectivity index (χ2n) is 3.84. The summed E-state index contributed by atoms with van der Waals surface area (Å²) in [6, 6.07) is 7.39. The molecule has 4 nitrogen and oxygen atoms in total. The molecule has 2 rings (SSSR count). The summed E-state index contributed by atoms with van der Waals surface area (Å²) in [5.74, 6) is -1.02. The lowest BCUT2D eigenvalue weighted by Crippen LogP contribution is -2.03. The number of benzene rings is 1. The summed E-state index contributed by atoms with van der Waals surface area (Å²) in [4.78, 5) is 10.8. The summed E-state index contributed by atoms with van der Waals surface area (Å²) in [6.45, 7) is 3.82. The number of hydrogen-bond acceptors (Lipinski definition) is 2. The van der Waals surface area contributed by atoms with Crippen LogP contribution in [0.4, 0.5) is 0 Å². The predicted molar refractivity (Wildman–Crippen MR) is 67.7 cm³/mol. The molecule has 0 aliphatic heterocycles. The van der Waals surface area contributed by atoms with E-state index in [-0.39, 0.29) is 5.69 Å². The van der Waals surface area contributed by atoms with Gasteiger partial charge in [-0.2, -0.15) is 5.10 Å². The van der Waals surface area contributed by atoms with Crippen LogP contribution < -0.4 is 0 Å². The van der Waals surface area contributed by atoms with Gasteiger partial charge >= 0.3 is 5.97 Å². The molecular formula is C12H11BrN2O2. The van der Waals surface area contributed by atoms with E-state index in [9.17, 15) is 4.79 Å². The monoisotopic (exact) mass is 294 g/mol. The highest BCUT2D eigenvalue weighted by Gasteiger charge is 2.13. The van der Waals surface area contributed by atoms with E-state index < -0.39 is 5.97 Å². The summed E-state index contributed by atoms with van der Waals surface area (Å²) in [5.41, 5.74) is 2.80. The van der Waals surface area contributed by atoms with Crippen LogP contribution in [0.25, 0.3) is 5.69 Å². The van der Waals surface area contributed by atoms with E-state index in [2.05, 4.69) is 21.0 Å². The van der Waals surface area contributed by atoms with Gasteiger partial charge in [-0.05, 0) is 53.5 Å². The average Bonchev–Trinajstić information content (AvgIpc) is 2.61. The molecular weight excluding hydrogens is 284 g/mol. The summed E-state index contributed by atoms with van der Waals surface area (Å²) >= 11 is 3.46. The second-order valence-corrected chi connectivity index (χ2v) is 4.70. The maximum absolute atomic E-state index is 10.8. The molecule has 0 unspecified atom stereocenters. The summed E-state index contributed by atoms with van der Waals surface area (Å²) in [7, 11) is 0. The van der Waals surface area contributed by atoms with Crippen molar-refractivity contribution in [2.24, 2.45) is 0 Å². The first-order valence-corrected chi connectivity index (χ1v) is 5.85. The number of hydrogen-bond donors (Lipinski definition) is 1. The lowest BCUT2D eigenvalue weighted by molar-refractivity contribution is 0.0690. The van der Waals surface area contributed by atoms with Crippen molar-refractivity contribution in [3.63, 3.8) is 0 Å². The van der Waals surface area contributed by atoms with Crippen molar-refractivity contribution in [3.8, 4) is 5.69 Å². The second kappa shape index (κ2) is 4.33. The number of carboxylic acids is 1. The first-order chi connectivity index (χ1) is 7.99. The minimum Gasteiger partial charge on any atom is -0.476 e. The van der Waals surface area contributed by atoms with Crippen molar-refractivity contribution in [2.45, 2.75) is 13.8 Å². The van der Waals surface area contributed by atoms with Crippen LogP contribution in [0.5, 0.6) is 0 Å². The van der Waals surface area contributed by atoms with E-state index in [0.717, 1.165) is 21.4 Å². The SMILES string of the molecule is Cc1ccc(-n2nc(C(=O)O)cc2C)c(Br)c1. The molecule has 17 heavy (non-hydrogen) atoms. The fraction of sp³-hybridized carbons (Fsp3) is 0.167. The number of nitrogens with zero attached hydrogens (tertiary/aromatic N) is 2. The average molecular weight is 295 g/mol. The summed E-state index contributed by atoms with van der Waals surface area (Å²) < 4.78 is 2.51. The Balaban J connectivity index is 2.56. The summed E-state index contributed by atoms with van der Waals surface area (Å²) in [6.07, 6.45) is 0. The third kappa shape index (κ3) is 2.24. The van der Waals surface area contributed by atoms with Crippen LogP contribution in [-0.2, 0) is 0 Å². The van der Waals surface area contributed by atoms with Crippen LogP contribution in [0.2, 0.25) is 0 Å². The van der Waals surface area contributed by atoms with Crippen LogP contribution in [0.15, 0.2) is 28.7 Å². The minimum absolute atomic E-state index is 0.0509. The molecule has 0 radical (unpaired) electrons. The van der Waals surface area contributed by atoms with Gasteiger partial charge in [-0.25, -0.2) is 9.48 Å². The van der Waals surface area contributed by atoms with Crippen LogP contribution in [-0.4, -0.2) is 20.9 Å². The molecule has 0 fully saturated rings. The van der Waals surface area contributed by atoms with E-state index >= 15 is 0 Å². The van der Waals surface area contributed by atoms with Gasteiger partial charge in [0.05, 0.1) is 5.69 Å². The first kappa shape index (κ1) is 11.9. The highest BCUT2D eigenvalue weighted by atomic mass is 79.9. The van der Waals surface area contributed by atoms with Gasteiger partial charge in [0, 0.05) is 10.2 Å². The third-order valence-corrected chi connectivity index (χ3v) is 3.07. The Morgan fingerprint density at radius 3 is 2.59 bits per heavy atom. The Bertz CT molecular complexity index is 590. The molecule has 0 atom stereocenters. The lowest BCUT2D eigenvalue weighted by Gasteiger charge is -2.07. The Morgan fingerprint density at radius 1 is 1.35 bits per heavy atom. The largest absolute Gasteiger partial charge is 0.476 e. The zero-order valence-corrected chi connectivity index (χ0v) is 11.0. The third-order valence-electron chi connectivity index (χ3n) is 2.44. The maximum Gasteiger partial charge on any atom is 0.356 e. The molecule has 2 aromatic rings. The Morgan fingerprint density at radius 2 is 2.06 bits per heavy atom. The predicted octanol–water partition coefficient (Wildman–Crippen LogP) is 2.95. The van der Waals surface area contributed by atoms with Gasteiger partial charge in [-0.1, -0.05) is 6.07 Å². The fourth-order valence-electron chi connectivity index (χ4n) is 1.61. The van der Waals surface area contributed by atoms with Gasteiger partial charge in [0.1, 0.15) is 0 Å². The Labute approximate surface area is 107 Å². The topological polar surface area (TPSA) is 55.1 Å². The number of halogens is 1. The van der Waals surface area contributed by atoms with E-state index in [1.807, 2.05) is 32.0 Å². The van der Waals surface area contributed by atoms with Crippen LogP contribution in [0.3, 0.4) is 0 Å². The number of aryl methyl sites for hydroxylation is 2.